The molecule has 19 heavy (non-hydrogen) atoms. The fraction of sp³-hybridized carbons (Fsp3) is 0.0714. The number of aryl methyl sites for hydroxylation is 1. The second kappa shape index (κ2) is 4.48. The second-order valence-electron chi connectivity index (χ2n) is 4.19. The molecule has 0 unspecified atom stereocenters. The summed E-state index contributed by atoms with van der Waals surface area (Å²) in [7, 11) is 1.79. The summed E-state index contributed by atoms with van der Waals surface area (Å²) in [4.78, 5) is 0. The van der Waals surface area contributed by atoms with Crippen LogP contribution in [0.3, 0.4) is 0 Å². The minimum atomic E-state index is 0.555. The molecule has 0 aliphatic rings. The number of rotatable bonds is 2. The van der Waals surface area contributed by atoms with Crippen molar-refractivity contribution in [1.82, 2.24) is 9.78 Å². The van der Waals surface area contributed by atoms with E-state index >= 15 is 0 Å². The van der Waals surface area contributed by atoms with Crippen molar-refractivity contribution in [2.24, 2.45) is 7.05 Å². The number of aromatic nitrogens is 2. The normalized spacial score (nSPS) is 10.8. The van der Waals surface area contributed by atoms with Gasteiger partial charge in [-0.05, 0) is 18.2 Å². The molecule has 0 spiro atoms. The van der Waals surface area contributed by atoms with Gasteiger partial charge < -0.3 is 10.2 Å². The van der Waals surface area contributed by atoms with E-state index in [-0.39, 0.29) is 0 Å². The molecular weight excluding hydrogens is 262 g/mol. The van der Waals surface area contributed by atoms with Crippen LogP contribution >= 0.6 is 11.6 Å². The van der Waals surface area contributed by atoms with E-state index in [1.54, 1.807) is 18.0 Å². The lowest BCUT2D eigenvalue weighted by molar-refractivity contribution is 0.578. The van der Waals surface area contributed by atoms with Crippen LogP contribution in [0.2, 0.25) is 5.02 Å². The van der Waals surface area contributed by atoms with Crippen LogP contribution in [0.5, 0.6) is 0 Å². The van der Waals surface area contributed by atoms with Gasteiger partial charge in [0.2, 0.25) is 0 Å². The zero-order valence-corrected chi connectivity index (χ0v) is 11.1. The molecule has 0 saturated carbocycles. The Kier molecular flexibility index (Phi) is 2.80. The van der Waals surface area contributed by atoms with Gasteiger partial charge >= 0.3 is 0 Å². The number of furan rings is 1. The van der Waals surface area contributed by atoms with Crippen LogP contribution in [0.4, 0.5) is 5.82 Å². The minimum absolute atomic E-state index is 0.555. The summed E-state index contributed by atoms with van der Waals surface area (Å²) in [6.07, 6.45) is 1.61. The average Bonchev–Trinajstić information content (AvgIpc) is 3.01. The largest absolute Gasteiger partial charge is 0.463 e. The van der Waals surface area contributed by atoms with Crippen molar-refractivity contribution >= 4 is 17.4 Å². The molecular formula is C14H12ClN3O. The first-order valence-electron chi connectivity index (χ1n) is 5.79. The van der Waals surface area contributed by atoms with Crippen molar-refractivity contribution in [3.8, 4) is 22.6 Å². The molecule has 0 fully saturated rings. The molecule has 2 N–H and O–H groups in total. The number of hydrogen-bond donors (Lipinski definition) is 1. The zero-order valence-electron chi connectivity index (χ0n) is 10.3. The van der Waals surface area contributed by atoms with Crippen LogP contribution < -0.4 is 5.73 Å². The first-order valence-corrected chi connectivity index (χ1v) is 6.17. The number of nitrogens with zero attached hydrogens (tertiary/aromatic N) is 2. The Hall–Kier alpha value is -2.20. The molecule has 4 nitrogen and oxygen atoms in total. The highest BCUT2D eigenvalue weighted by atomic mass is 35.5. The zero-order chi connectivity index (χ0) is 13.4. The molecule has 0 saturated heterocycles. The van der Waals surface area contributed by atoms with Crippen LogP contribution in [-0.4, -0.2) is 9.78 Å². The Balaban J connectivity index is 2.29. The van der Waals surface area contributed by atoms with Crippen molar-refractivity contribution in [2.75, 3.05) is 5.73 Å². The molecule has 0 bridgehead atoms. The molecule has 96 valence electrons. The van der Waals surface area contributed by atoms with Gasteiger partial charge in [0.1, 0.15) is 11.5 Å². The Bertz CT molecular complexity index is 716. The van der Waals surface area contributed by atoms with Gasteiger partial charge in [0, 0.05) is 17.6 Å². The summed E-state index contributed by atoms with van der Waals surface area (Å²) >= 11 is 6.25. The number of benzene rings is 1. The van der Waals surface area contributed by atoms with E-state index < -0.39 is 0 Å². The molecule has 5 heteroatoms. The third-order valence-electron chi connectivity index (χ3n) is 2.99. The molecule has 0 aliphatic carbocycles. The van der Waals surface area contributed by atoms with Crippen LogP contribution in [0.15, 0.2) is 47.1 Å². The van der Waals surface area contributed by atoms with E-state index in [0.717, 1.165) is 11.1 Å². The first kappa shape index (κ1) is 11.9. The molecule has 2 aromatic heterocycles. The predicted octanol–water partition coefficient (Wildman–Crippen LogP) is 3.58. The van der Waals surface area contributed by atoms with E-state index in [2.05, 4.69) is 5.10 Å². The Morgan fingerprint density at radius 2 is 2.00 bits per heavy atom. The summed E-state index contributed by atoms with van der Waals surface area (Å²) in [5.41, 5.74) is 8.45. The quantitative estimate of drug-likeness (QED) is 0.776. The third kappa shape index (κ3) is 1.90. The highest BCUT2D eigenvalue weighted by Gasteiger charge is 2.20. The van der Waals surface area contributed by atoms with Crippen molar-refractivity contribution in [1.29, 1.82) is 0 Å². The van der Waals surface area contributed by atoms with Gasteiger partial charge in [0.15, 0.2) is 5.76 Å². The van der Waals surface area contributed by atoms with Crippen molar-refractivity contribution in [2.45, 2.75) is 0 Å². The molecule has 3 aromatic rings. The number of nitrogen functional groups attached to an aromatic ring is 1. The topological polar surface area (TPSA) is 57.0 Å². The average molecular weight is 274 g/mol. The summed E-state index contributed by atoms with van der Waals surface area (Å²) < 4.78 is 7.04. The van der Waals surface area contributed by atoms with Crippen molar-refractivity contribution in [3.05, 3.63) is 47.7 Å². The molecule has 0 radical (unpaired) electrons. The standard InChI is InChI=1S/C14H12ClN3O/c1-18-14(16)12(9-5-2-3-6-10(9)15)13(17-18)11-7-4-8-19-11/h2-8H,16H2,1H3. The van der Waals surface area contributed by atoms with E-state index in [4.69, 9.17) is 21.8 Å². The number of hydrogen-bond acceptors (Lipinski definition) is 3. The van der Waals surface area contributed by atoms with Crippen molar-refractivity contribution in [3.63, 3.8) is 0 Å². The Morgan fingerprint density at radius 3 is 2.68 bits per heavy atom. The number of anilines is 1. The van der Waals surface area contributed by atoms with E-state index in [9.17, 15) is 0 Å². The predicted molar refractivity (Wildman–Crippen MR) is 75.8 cm³/mol. The highest BCUT2D eigenvalue weighted by Crippen LogP contribution is 2.39. The maximum Gasteiger partial charge on any atom is 0.154 e. The van der Waals surface area contributed by atoms with Gasteiger partial charge in [0.25, 0.3) is 0 Å². The molecule has 0 atom stereocenters. The second-order valence-corrected chi connectivity index (χ2v) is 4.60. The maximum atomic E-state index is 6.25. The SMILES string of the molecule is Cn1nc(-c2ccco2)c(-c2ccccc2Cl)c1N. The lowest BCUT2D eigenvalue weighted by Gasteiger charge is -2.05. The number of halogens is 1. The van der Waals surface area contributed by atoms with Gasteiger partial charge in [-0.2, -0.15) is 5.10 Å². The van der Waals surface area contributed by atoms with E-state index in [1.807, 2.05) is 36.4 Å². The van der Waals surface area contributed by atoms with Crippen LogP contribution in [0.1, 0.15) is 0 Å². The van der Waals surface area contributed by atoms with Gasteiger partial charge in [0.05, 0.1) is 11.8 Å². The molecule has 2 heterocycles. The summed E-state index contributed by atoms with van der Waals surface area (Å²) in [6, 6.07) is 11.2. The van der Waals surface area contributed by atoms with Crippen molar-refractivity contribution < 1.29 is 4.42 Å². The fourth-order valence-corrected chi connectivity index (χ4v) is 2.28. The third-order valence-corrected chi connectivity index (χ3v) is 3.32. The lowest BCUT2D eigenvalue weighted by Crippen LogP contribution is -1.98. The summed E-state index contributed by atoms with van der Waals surface area (Å²) in [5, 5.41) is 5.04. The Labute approximate surface area is 115 Å². The van der Waals surface area contributed by atoms with E-state index in [1.165, 1.54) is 0 Å². The molecule has 0 aliphatic heterocycles. The summed E-state index contributed by atoms with van der Waals surface area (Å²) in [5.74, 6) is 1.22. The Morgan fingerprint density at radius 1 is 1.21 bits per heavy atom. The summed E-state index contributed by atoms with van der Waals surface area (Å²) in [6.45, 7) is 0. The number of nitrogens with two attached hydrogens (primary N) is 1. The smallest absolute Gasteiger partial charge is 0.154 e. The first-order chi connectivity index (χ1) is 9.18. The van der Waals surface area contributed by atoms with Crippen LogP contribution in [0, 0.1) is 0 Å². The maximum absolute atomic E-state index is 6.25. The monoisotopic (exact) mass is 273 g/mol. The van der Waals surface area contributed by atoms with E-state index in [0.29, 0.717) is 22.3 Å². The lowest BCUT2D eigenvalue weighted by atomic mass is 10.0. The van der Waals surface area contributed by atoms with Gasteiger partial charge in [-0.25, -0.2) is 0 Å². The fourth-order valence-electron chi connectivity index (χ4n) is 2.05. The van der Waals surface area contributed by atoms with Crippen LogP contribution in [-0.2, 0) is 7.05 Å². The van der Waals surface area contributed by atoms with Gasteiger partial charge in [-0.3, -0.25) is 4.68 Å². The van der Waals surface area contributed by atoms with Gasteiger partial charge in [-0.1, -0.05) is 29.8 Å². The minimum Gasteiger partial charge on any atom is -0.463 e. The highest BCUT2D eigenvalue weighted by molar-refractivity contribution is 6.33. The molecule has 1 aromatic carbocycles. The van der Waals surface area contributed by atoms with Gasteiger partial charge in [-0.15, -0.1) is 0 Å². The molecule has 0 amide bonds. The molecule has 3 rings (SSSR count). The van der Waals surface area contributed by atoms with Crippen LogP contribution in [0.25, 0.3) is 22.6 Å².